The molecule has 0 saturated carbocycles. The molecule has 0 aliphatic heterocycles. The molecular weight excluding hydrogens is 336 g/mol. The van der Waals surface area contributed by atoms with Crippen LogP contribution >= 0.6 is 0 Å². The molecule has 5 nitrogen and oxygen atoms in total. The van der Waals surface area contributed by atoms with Gasteiger partial charge < -0.3 is 5.32 Å². The normalized spacial score (nSPS) is 12.5. The zero-order valence-electron chi connectivity index (χ0n) is 14.3. The molecule has 0 bridgehead atoms. The molecule has 0 aliphatic carbocycles. The van der Waals surface area contributed by atoms with Gasteiger partial charge in [0.2, 0.25) is 15.9 Å². The predicted octanol–water partition coefficient (Wildman–Crippen LogP) is 2.49. The molecule has 0 spiro atoms. The molecule has 0 aliphatic rings. The molecule has 2 rings (SSSR count). The Morgan fingerprint density at radius 2 is 1.60 bits per heavy atom. The average Bonchev–Trinajstić information content (AvgIpc) is 2.61. The molecule has 0 aromatic heterocycles. The van der Waals surface area contributed by atoms with Gasteiger partial charge >= 0.3 is 0 Å². The molecule has 0 radical (unpaired) electrons. The minimum Gasteiger partial charge on any atom is -0.354 e. The third kappa shape index (κ3) is 6.68. The number of sulfonamides is 1. The number of amides is 1. The van der Waals surface area contributed by atoms with Crippen molar-refractivity contribution in [2.24, 2.45) is 0 Å². The highest BCUT2D eigenvalue weighted by atomic mass is 32.2. The lowest BCUT2D eigenvalue weighted by Gasteiger charge is -2.14. The zero-order chi connectivity index (χ0) is 18.1. The van der Waals surface area contributed by atoms with Gasteiger partial charge in [0.15, 0.2) is 0 Å². The van der Waals surface area contributed by atoms with Gasteiger partial charge in [-0.05, 0) is 37.5 Å². The van der Waals surface area contributed by atoms with Gasteiger partial charge in [0, 0.05) is 19.0 Å². The Morgan fingerprint density at radius 1 is 1.00 bits per heavy atom. The van der Waals surface area contributed by atoms with Gasteiger partial charge in [-0.3, -0.25) is 4.79 Å². The highest BCUT2D eigenvalue weighted by molar-refractivity contribution is 7.89. The maximum absolute atomic E-state index is 12.1. The molecule has 0 heterocycles. The van der Waals surface area contributed by atoms with Crippen molar-refractivity contribution in [3.05, 3.63) is 66.2 Å². The first-order valence-corrected chi connectivity index (χ1v) is 9.84. The largest absolute Gasteiger partial charge is 0.354 e. The Bertz CT molecular complexity index is 762. The molecule has 1 amide bonds. The Kier molecular flexibility index (Phi) is 7.16. The van der Waals surface area contributed by atoms with Crippen LogP contribution in [-0.2, 0) is 21.2 Å². The second-order valence-corrected chi connectivity index (χ2v) is 7.72. The summed E-state index contributed by atoms with van der Waals surface area (Å²) in [6, 6.07) is 18.3. The fourth-order valence-corrected chi connectivity index (χ4v) is 3.48. The Balaban J connectivity index is 1.70. The average molecular weight is 360 g/mol. The van der Waals surface area contributed by atoms with E-state index >= 15 is 0 Å². The molecular formula is C19H24N2O3S. The van der Waals surface area contributed by atoms with Crippen LogP contribution < -0.4 is 10.0 Å². The number of nitrogens with one attached hydrogen (secondary N) is 2. The van der Waals surface area contributed by atoms with E-state index in [0.29, 0.717) is 0 Å². The van der Waals surface area contributed by atoms with E-state index in [9.17, 15) is 13.2 Å². The summed E-state index contributed by atoms with van der Waals surface area (Å²) >= 11 is 0. The van der Waals surface area contributed by atoms with Crippen molar-refractivity contribution in [1.29, 1.82) is 0 Å². The monoisotopic (exact) mass is 360 g/mol. The molecule has 0 fully saturated rings. The summed E-state index contributed by atoms with van der Waals surface area (Å²) in [6.07, 6.45) is 1.84. The van der Waals surface area contributed by atoms with Crippen LogP contribution in [0.2, 0.25) is 0 Å². The van der Waals surface area contributed by atoms with Gasteiger partial charge in [-0.2, -0.15) is 0 Å². The summed E-state index contributed by atoms with van der Waals surface area (Å²) in [7, 11) is -3.56. The van der Waals surface area contributed by atoms with Crippen LogP contribution in [0.1, 0.15) is 25.3 Å². The second kappa shape index (κ2) is 9.34. The third-order valence-electron chi connectivity index (χ3n) is 3.81. The number of benzene rings is 2. The summed E-state index contributed by atoms with van der Waals surface area (Å²) < 4.78 is 26.6. The lowest BCUT2D eigenvalue weighted by Crippen LogP contribution is -2.35. The van der Waals surface area contributed by atoms with Crippen molar-refractivity contribution in [1.82, 2.24) is 10.0 Å². The predicted molar refractivity (Wildman–Crippen MR) is 98.6 cm³/mol. The number of rotatable bonds is 9. The van der Waals surface area contributed by atoms with Crippen LogP contribution in [0.4, 0.5) is 0 Å². The third-order valence-corrected chi connectivity index (χ3v) is 5.29. The fraction of sp³-hybridized carbons (Fsp3) is 0.316. The highest BCUT2D eigenvalue weighted by Crippen LogP contribution is 2.07. The van der Waals surface area contributed by atoms with Gasteiger partial charge in [-0.15, -0.1) is 0 Å². The number of aryl methyl sites for hydroxylation is 1. The van der Waals surface area contributed by atoms with Crippen LogP contribution in [0.15, 0.2) is 65.6 Å². The van der Waals surface area contributed by atoms with E-state index in [2.05, 4.69) is 22.2 Å². The van der Waals surface area contributed by atoms with Gasteiger partial charge in [0.25, 0.3) is 0 Å². The van der Waals surface area contributed by atoms with Gasteiger partial charge in [0.1, 0.15) is 0 Å². The van der Waals surface area contributed by atoms with Crippen molar-refractivity contribution < 1.29 is 13.2 Å². The first-order valence-electron chi connectivity index (χ1n) is 8.35. The number of carbonyl (C=O) groups excluding carboxylic acids is 1. The van der Waals surface area contributed by atoms with E-state index < -0.39 is 10.0 Å². The van der Waals surface area contributed by atoms with Gasteiger partial charge in [0.05, 0.1) is 4.90 Å². The summed E-state index contributed by atoms with van der Waals surface area (Å²) in [4.78, 5) is 12.1. The van der Waals surface area contributed by atoms with Crippen LogP contribution in [0.25, 0.3) is 0 Å². The highest BCUT2D eigenvalue weighted by Gasteiger charge is 2.14. The molecule has 25 heavy (non-hydrogen) atoms. The zero-order valence-corrected chi connectivity index (χ0v) is 15.1. The minimum atomic E-state index is -3.56. The van der Waals surface area contributed by atoms with E-state index in [-0.39, 0.29) is 29.8 Å². The Hall–Kier alpha value is -2.18. The van der Waals surface area contributed by atoms with Crippen molar-refractivity contribution in [3.8, 4) is 0 Å². The lowest BCUT2D eigenvalue weighted by molar-refractivity contribution is -0.121. The van der Waals surface area contributed by atoms with Crippen LogP contribution in [0.3, 0.4) is 0 Å². The number of hydrogen-bond donors (Lipinski definition) is 2. The topological polar surface area (TPSA) is 75.3 Å². The van der Waals surface area contributed by atoms with Crippen molar-refractivity contribution in [3.63, 3.8) is 0 Å². The molecule has 134 valence electrons. The number of hydrogen-bond acceptors (Lipinski definition) is 3. The Labute approximate surface area is 149 Å². The molecule has 0 saturated heterocycles. The SMILES string of the molecule is C[C@@H](CCc1ccccc1)NC(=O)CCNS(=O)(=O)c1ccccc1. The van der Waals surface area contributed by atoms with E-state index in [0.717, 1.165) is 12.8 Å². The Morgan fingerprint density at radius 3 is 2.24 bits per heavy atom. The van der Waals surface area contributed by atoms with Gasteiger partial charge in [-0.25, -0.2) is 13.1 Å². The van der Waals surface area contributed by atoms with Gasteiger partial charge in [-0.1, -0.05) is 48.5 Å². The maximum atomic E-state index is 12.1. The van der Waals surface area contributed by atoms with Crippen molar-refractivity contribution in [2.45, 2.75) is 37.1 Å². The molecule has 2 aromatic carbocycles. The molecule has 2 N–H and O–H groups in total. The van der Waals surface area contributed by atoms with Crippen LogP contribution in [0, 0.1) is 0 Å². The van der Waals surface area contributed by atoms with Crippen molar-refractivity contribution >= 4 is 15.9 Å². The number of carbonyl (C=O) groups is 1. The van der Waals surface area contributed by atoms with E-state index in [1.54, 1.807) is 18.2 Å². The maximum Gasteiger partial charge on any atom is 0.240 e. The van der Waals surface area contributed by atoms with Crippen LogP contribution in [0.5, 0.6) is 0 Å². The van der Waals surface area contributed by atoms with E-state index in [4.69, 9.17) is 0 Å². The lowest BCUT2D eigenvalue weighted by atomic mass is 10.1. The fourth-order valence-electron chi connectivity index (χ4n) is 2.43. The molecule has 2 aromatic rings. The summed E-state index contributed by atoms with van der Waals surface area (Å²) in [5.41, 5.74) is 1.24. The van der Waals surface area contributed by atoms with Crippen molar-refractivity contribution in [2.75, 3.05) is 6.54 Å². The smallest absolute Gasteiger partial charge is 0.240 e. The molecule has 0 unspecified atom stereocenters. The van der Waals surface area contributed by atoms with E-state index in [1.807, 2.05) is 25.1 Å². The molecule has 1 atom stereocenters. The van der Waals surface area contributed by atoms with E-state index in [1.165, 1.54) is 17.7 Å². The quantitative estimate of drug-likeness (QED) is 0.721. The van der Waals surface area contributed by atoms with Crippen LogP contribution in [-0.4, -0.2) is 26.9 Å². The summed E-state index contributed by atoms with van der Waals surface area (Å²) in [5.74, 6) is -0.156. The first-order chi connectivity index (χ1) is 12.0. The standard InChI is InChI=1S/C19H24N2O3S/c1-16(12-13-17-8-4-2-5-9-17)21-19(22)14-15-20-25(23,24)18-10-6-3-7-11-18/h2-11,16,20H,12-15H2,1H3,(H,21,22)/t16-/m0/s1. The summed E-state index contributed by atoms with van der Waals surface area (Å²) in [5, 5.41) is 2.90. The minimum absolute atomic E-state index is 0.0402. The second-order valence-electron chi connectivity index (χ2n) is 5.95. The summed E-state index contributed by atoms with van der Waals surface area (Å²) in [6.45, 7) is 2.03. The first kappa shape index (κ1) is 19.1. The molecule has 6 heteroatoms.